The van der Waals surface area contributed by atoms with E-state index in [4.69, 9.17) is 9.47 Å². The van der Waals surface area contributed by atoms with Gasteiger partial charge in [-0.3, -0.25) is 4.79 Å². The molecule has 1 aromatic heterocycles. The van der Waals surface area contributed by atoms with Gasteiger partial charge in [0, 0.05) is 26.8 Å². The van der Waals surface area contributed by atoms with E-state index in [9.17, 15) is 4.79 Å². The van der Waals surface area contributed by atoms with Gasteiger partial charge in [0.1, 0.15) is 11.4 Å². The van der Waals surface area contributed by atoms with Crippen LogP contribution in [0.25, 0.3) is 0 Å². The van der Waals surface area contributed by atoms with Crippen molar-refractivity contribution in [3.63, 3.8) is 0 Å². The zero-order chi connectivity index (χ0) is 17.9. The highest BCUT2D eigenvalue weighted by Crippen LogP contribution is 2.11. The second kappa shape index (κ2) is 10.3. The third kappa shape index (κ3) is 6.43. The van der Waals surface area contributed by atoms with Gasteiger partial charge in [-0.1, -0.05) is 12.1 Å². The van der Waals surface area contributed by atoms with Crippen molar-refractivity contribution in [1.82, 2.24) is 10.3 Å². The molecule has 1 aromatic carbocycles. The zero-order valence-corrected chi connectivity index (χ0v) is 14.7. The van der Waals surface area contributed by atoms with E-state index < -0.39 is 0 Å². The van der Waals surface area contributed by atoms with E-state index in [0.717, 1.165) is 43.0 Å². The van der Waals surface area contributed by atoms with Crippen LogP contribution in [0.5, 0.6) is 5.75 Å². The molecule has 0 atom stereocenters. The number of methoxy groups -OCH3 is 2. The Hall–Kier alpha value is -2.60. The highest BCUT2D eigenvalue weighted by molar-refractivity contribution is 5.92. The maximum Gasteiger partial charge on any atom is 0.269 e. The van der Waals surface area contributed by atoms with Crippen molar-refractivity contribution in [2.24, 2.45) is 0 Å². The van der Waals surface area contributed by atoms with Gasteiger partial charge in [-0.05, 0) is 42.7 Å². The highest BCUT2D eigenvalue weighted by atomic mass is 16.5. The summed E-state index contributed by atoms with van der Waals surface area (Å²) in [4.78, 5) is 16.3. The van der Waals surface area contributed by atoms with Gasteiger partial charge in [-0.2, -0.15) is 0 Å². The van der Waals surface area contributed by atoms with E-state index >= 15 is 0 Å². The molecule has 0 fully saturated rings. The molecule has 1 heterocycles. The van der Waals surface area contributed by atoms with Gasteiger partial charge < -0.3 is 20.1 Å². The average molecular weight is 343 g/mol. The Labute approximate surface area is 148 Å². The van der Waals surface area contributed by atoms with E-state index in [-0.39, 0.29) is 5.91 Å². The lowest BCUT2D eigenvalue weighted by Gasteiger charge is -2.08. The number of carbonyl (C=O) groups is 1. The molecule has 2 rings (SSSR count). The van der Waals surface area contributed by atoms with Crippen LogP contribution in [0, 0.1) is 0 Å². The van der Waals surface area contributed by atoms with Crippen molar-refractivity contribution >= 4 is 11.6 Å². The Morgan fingerprint density at radius 3 is 2.52 bits per heavy atom. The SMILES string of the molecule is COCCCNc1ccc(C(=O)NCCc2ccc(OC)cc2)nc1. The number of benzene rings is 1. The summed E-state index contributed by atoms with van der Waals surface area (Å²) in [6, 6.07) is 11.4. The molecule has 0 saturated heterocycles. The number of ether oxygens (including phenoxy) is 2. The average Bonchev–Trinajstić information content (AvgIpc) is 2.66. The normalized spacial score (nSPS) is 10.3. The van der Waals surface area contributed by atoms with Gasteiger partial charge in [-0.25, -0.2) is 4.98 Å². The second-order valence-electron chi connectivity index (χ2n) is 5.56. The topological polar surface area (TPSA) is 72.5 Å². The van der Waals surface area contributed by atoms with E-state index in [2.05, 4.69) is 15.6 Å². The standard InChI is InChI=1S/C19H25N3O3/c1-24-13-3-11-20-16-6-9-18(22-14-16)19(23)21-12-10-15-4-7-17(25-2)8-5-15/h4-9,14,20H,3,10-13H2,1-2H3,(H,21,23). The first-order valence-corrected chi connectivity index (χ1v) is 8.33. The fraction of sp³-hybridized carbons (Fsp3) is 0.368. The molecule has 6 heteroatoms. The number of carbonyl (C=O) groups excluding carboxylic acids is 1. The fourth-order valence-corrected chi connectivity index (χ4v) is 2.29. The molecular weight excluding hydrogens is 318 g/mol. The van der Waals surface area contributed by atoms with Crippen molar-refractivity contribution in [3.05, 3.63) is 53.9 Å². The molecule has 0 radical (unpaired) electrons. The Morgan fingerprint density at radius 2 is 1.88 bits per heavy atom. The Bertz CT molecular complexity index is 642. The van der Waals surface area contributed by atoms with Crippen molar-refractivity contribution in [1.29, 1.82) is 0 Å². The predicted octanol–water partition coefficient (Wildman–Crippen LogP) is 2.51. The quantitative estimate of drug-likeness (QED) is 0.649. The molecule has 2 N–H and O–H groups in total. The van der Waals surface area contributed by atoms with E-state index in [1.807, 2.05) is 30.3 Å². The number of amides is 1. The van der Waals surface area contributed by atoms with Crippen molar-refractivity contribution in [2.75, 3.05) is 39.2 Å². The minimum Gasteiger partial charge on any atom is -0.497 e. The van der Waals surface area contributed by atoms with Crippen molar-refractivity contribution in [2.45, 2.75) is 12.8 Å². The lowest BCUT2D eigenvalue weighted by atomic mass is 10.1. The summed E-state index contributed by atoms with van der Waals surface area (Å²) in [6.07, 6.45) is 3.35. The number of pyridine rings is 1. The monoisotopic (exact) mass is 343 g/mol. The van der Waals surface area contributed by atoms with Crippen LogP contribution in [-0.2, 0) is 11.2 Å². The van der Waals surface area contributed by atoms with Gasteiger partial charge in [0.15, 0.2) is 0 Å². The first-order chi connectivity index (χ1) is 12.2. The summed E-state index contributed by atoms with van der Waals surface area (Å²) in [5, 5.41) is 6.12. The molecule has 0 aliphatic carbocycles. The van der Waals surface area contributed by atoms with Crippen LogP contribution in [0.2, 0.25) is 0 Å². The molecule has 0 bridgehead atoms. The molecule has 2 aromatic rings. The molecule has 25 heavy (non-hydrogen) atoms. The molecule has 0 aliphatic heterocycles. The van der Waals surface area contributed by atoms with Crippen molar-refractivity contribution < 1.29 is 14.3 Å². The Morgan fingerprint density at radius 1 is 1.08 bits per heavy atom. The smallest absolute Gasteiger partial charge is 0.269 e. The molecule has 6 nitrogen and oxygen atoms in total. The number of hydrogen-bond acceptors (Lipinski definition) is 5. The minimum atomic E-state index is -0.167. The maximum atomic E-state index is 12.1. The molecular formula is C19H25N3O3. The molecule has 1 amide bonds. The van der Waals surface area contributed by atoms with Gasteiger partial charge >= 0.3 is 0 Å². The van der Waals surface area contributed by atoms with E-state index in [1.54, 1.807) is 26.5 Å². The molecule has 0 aliphatic rings. The summed E-state index contributed by atoms with van der Waals surface area (Å²) >= 11 is 0. The van der Waals surface area contributed by atoms with Crippen LogP contribution in [0.1, 0.15) is 22.5 Å². The first-order valence-electron chi connectivity index (χ1n) is 8.33. The van der Waals surface area contributed by atoms with Crippen LogP contribution < -0.4 is 15.4 Å². The van der Waals surface area contributed by atoms with E-state index in [1.165, 1.54) is 0 Å². The Balaban J connectivity index is 1.74. The predicted molar refractivity (Wildman–Crippen MR) is 98.3 cm³/mol. The number of rotatable bonds is 10. The van der Waals surface area contributed by atoms with E-state index in [0.29, 0.717) is 12.2 Å². The summed E-state index contributed by atoms with van der Waals surface area (Å²) in [5.74, 6) is 0.660. The zero-order valence-electron chi connectivity index (χ0n) is 14.7. The lowest BCUT2D eigenvalue weighted by Crippen LogP contribution is -2.26. The summed E-state index contributed by atoms with van der Waals surface area (Å²) in [7, 11) is 3.33. The highest BCUT2D eigenvalue weighted by Gasteiger charge is 2.06. The largest absolute Gasteiger partial charge is 0.497 e. The minimum absolute atomic E-state index is 0.167. The summed E-state index contributed by atoms with van der Waals surface area (Å²) < 4.78 is 10.1. The Kier molecular flexibility index (Phi) is 7.72. The van der Waals surface area contributed by atoms with Crippen LogP contribution >= 0.6 is 0 Å². The summed E-state index contributed by atoms with van der Waals surface area (Å²) in [6.45, 7) is 2.09. The maximum absolute atomic E-state index is 12.1. The molecule has 0 spiro atoms. The molecule has 0 saturated carbocycles. The number of anilines is 1. The van der Waals surface area contributed by atoms with Crippen molar-refractivity contribution in [3.8, 4) is 5.75 Å². The first kappa shape index (κ1) is 18.7. The second-order valence-corrected chi connectivity index (χ2v) is 5.56. The molecule has 134 valence electrons. The van der Waals surface area contributed by atoms with Crippen LogP contribution in [-0.4, -0.2) is 44.8 Å². The van der Waals surface area contributed by atoms with Crippen LogP contribution in [0.4, 0.5) is 5.69 Å². The van der Waals surface area contributed by atoms with Gasteiger partial charge in [0.05, 0.1) is 19.0 Å². The van der Waals surface area contributed by atoms with Gasteiger partial charge in [0.2, 0.25) is 0 Å². The fourth-order valence-electron chi connectivity index (χ4n) is 2.29. The number of nitrogens with one attached hydrogen (secondary N) is 2. The molecule has 0 unspecified atom stereocenters. The van der Waals surface area contributed by atoms with Crippen LogP contribution in [0.15, 0.2) is 42.6 Å². The third-order valence-electron chi connectivity index (χ3n) is 3.71. The number of hydrogen-bond donors (Lipinski definition) is 2. The van der Waals surface area contributed by atoms with Crippen LogP contribution in [0.3, 0.4) is 0 Å². The lowest BCUT2D eigenvalue weighted by molar-refractivity contribution is 0.0949. The summed E-state index contributed by atoms with van der Waals surface area (Å²) in [5.41, 5.74) is 2.45. The van der Waals surface area contributed by atoms with Gasteiger partial charge in [-0.15, -0.1) is 0 Å². The number of nitrogens with zero attached hydrogens (tertiary/aromatic N) is 1. The number of aromatic nitrogens is 1. The van der Waals surface area contributed by atoms with Gasteiger partial charge in [0.25, 0.3) is 5.91 Å². The third-order valence-corrected chi connectivity index (χ3v) is 3.71.